The number of nitrogens with zero attached hydrogens (tertiary/aromatic N) is 4. The number of carbonyl (C=O) groups excluding carboxylic acids is 1. The van der Waals surface area contributed by atoms with Gasteiger partial charge in [0.2, 0.25) is 5.91 Å². The van der Waals surface area contributed by atoms with Crippen LogP contribution in [0, 0.1) is 23.2 Å². The lowest BCUT2D eigenvalue weighted by Crippen LogP contribution is -2.40. The SMILES string of the molecule is CC(=O)N1c2ccccc2[C@@](C#N)(c2ccccc2)[C@@H]1c1cncc(C#CCCCCCN2CCCC2)c1. The van der Waals surface area contributed by atoms with Gasteiger partial charge in [-0.15, -0.1) is 0 Å². The van der Waals surface area contributed by atoms with Crippen molar-refractivity contribution in [2.24, 2.45) is 0 Å². The molecule has 3 aromatic rings. The fourth-order valence-corrected chi connectivity index (χ4v) is 6.02. The van der Waals surface area contributed by atoms with Crippen LogP contribution in [0.15, 0.2) is 73.1 Å². The Morgan fingerprint density at radius 3 is 2.55 bits per heavy atom. The van der Waals surface area contributed by atoms with E-state index in [0.29, 0.717) is 0 Å². The number of aromatic nitrogens is 1. The van der Waals surface area contributed by atoms with E-state index in [0.717, 1.165) is 40.8 Å². The second-order valence-electron chi connectivity index (χ2n) is 10.3. The molecule has 0 saturated carbocycles. The molecular formula is C33H34N4O. The van der Waals surface area contributed by atoms with Crippen LogP contribution >= 0.6 is 0 Å². The molecule has 5 heteroatoms. The van der Waals surface area contributed by atoms with Gasteiger partial charge in [0.05, 0.1) is 12.1 Å². The van der Waals surface area contributed by atoms with Crippen molar-refractivity contribution in [2.45, 2.75) is 56.9 Å². The number of likely N-dealkylation sites (tertiary alicyclic amines) is 1. The molecule has 1 amide bonds. The molecule has 3 heterocycles. The number of nitriles is 1. The molecule has 2 aliphatic heterocycles. The summed E-state index contributed by atoms with van der Waals surface area (Å²) in [5, 5.41) is 10.8. The van der Waals surface area contributed by atoms with E-state index in [9.17, 15) is 10.1 Å². The number of carbonyl (C=O) groups is 1. The van der Waals surface area contributed by atoms with Crippen LogP contribution in [0.25, 0.3) is 0 Å². The lowest BCUT2D eigenvalue weighted by atomic mass is 9.70. The van der Waals surface area contributed by atoms with Gasteiger partial charge in [0.15, 0.2) is 0 Å². The van der Waals surface area contributed by atoms with Gasteiger partial charge in [-0.3, -0.25) is 9.78 Å². The number of hydrogen-bond acceptors (Lipinski definition) is 4. The van der Waals surface area contributed by atoms with Gasteiger partial charge < -0.3 is 9.80 Å². The van der Waals surface area contributed by atoms with Crippen LogP contribution in [-0.4, -0.2) is 35.4 Å². The molecular weight excluding hydrogens is 468 g/mol. The molecule has 0 unspecified atom stereocenters. The first kappa shape index (κ1) is 25.7. The average molecular weight is 503 g/mol. The van der Waals surface area contributed by atoms with Crippen molar-refractivity contribution in [1.29, 1.82) is 5.26 Å². The second kappa shape index (κ2) is 11.6. The van der Waals surface area contributed by atoms with Gasteiger partial charge in [-0.05, 0) is 68.6 Å². The normalized spacial score (nSPS) is 20.4. The molecule has 1 saturated heterocycles. The first-order valence-corrected chi connectivity index (χ1v) is 13.7. The van der Waals surface area contributed by atoms with Crippen molar-refractivity contribution >= 4 is 11.6 Å². The maximum atomic E-state index is 13.1. The number of unbranched alkanes of at least 4 members (excludes halogenated alkanes) is 3. The minimum atomic E-state index is -1.06. The summed E-state index contributed by atoms with van der Waals surface area (Å²) in [7, 11) is 0. The Bertz CT molecular complexity index is 1380. The van der Waals surface area contributed by atoms with Crippen LogP contribution in [0.2, 0.25) is 0 Å². The summed E-state index contributed by atoms with van der Waals surface area (Å²) in [4.78, 5) is 21.9. The third-order valence-electron chi connectivity index (χ3n) is 7.78. The second-order valence-corrected chi connectivity index (χ2v) is 10.3. The van der Waals surface area contributed by atoms with Gasteiger partial charge in [0.1, 0.15) is 5.41 Å². The van der Waals surface area contributed by atoms with Crippen LogP contribution < -0.4 is 4.90 Å². The van der Waals surface area contributed by atoms with Crippen molar-refractivity contribution in [3.63, 3.8) is 0 Å². The van der Waals surface area contributed by atoms with E-state index in [1.165, 1.54) is 45.3 Å². The minimum absolute atomic E-state index is 0.110. The molecule has 0 aliphatic carbocycles. The highest BCUT2D eigenvalue weighted by atomic mass is 16.2. The fraction of sp³-hybridized carbons (Fsp3) is 0.364. The third-order valence-corrected chi connectivity index (χ3v) is 7.78. The zero-order chi connectivity index (χ0) is 26.4. The molecule has 0 spiro atoms. The zero-order valence-electron chi connectivity index (χ0n) is 22.1. The van der Waals surface area contributed by atoms with E-state index >= 15 is 0 Å². The van der Waals surface area contributed by atoms with Gasteiger partial charge in [-0.1, -0.05) is 66.8 Å². The van der Waals surface area contributed by atoms with Crippen molar-refractivity contribution in [3.8, 4) is 17.9 Å². The van der Waals surface area contributed by atoms with Crippen LogP contribution in [0.3, 0.4) is 0 Å². The topological polar surface area (TPSA) is 60.2 Å². The Morgan fingerprint density at radius 2 is 1.79 bits per heavy atom. The highest BCUT2D eigenvalue weighted by molar-refractivity contribution is 5.97. The summed E-state index contributed by atoms with van der Waals surface area (Å²) in [6, 6.07) is 21.6. The van der Waals surface area contributed by atoms with Crippen molar-refractivity contribution < 1.29 is 4.79 Å². The fourth-order valence-electron chi connectivity index (χ4n) is 6.02. The Hall–Kier alpha value is -3.93. The van der Waals surface area contributed by atoms with Gasteiger partial charge in [0.25, 0.3) is 0 Å². The highest BCUT2D eigenvalue weighted by Gasteiger charge is 2.54. The van der Waals surface area contributed by atoms with Crippen LogP contribution in [0.5, 0.6) is 0 Å². The molecule has 5 rings (SSSR count). The maximum absolute atomic E-state index is 13.1. The van der Waals surface area contributed by atoms with E-state index < -0.39 is 11.5 Å². The van der Waals surface area contributed by atoms with E-state index in [1.54, 1.807) is 24.2 Å². The zero-order valence-corrected chi connectivity index (χ0v) is 22.1. The van der Waals surface area contributed by atoms with E-state index in [2.05, 4.69) is 27.8 Å². The lowest BCUT2D eigenvalue weighted by molar-refractivity contribution is -0.117. The van der Waals surface area contributed by atoms with Gasteiger partial charge in [0, 0.05) is 42.6 Å². The first-order chi connectivity index (χ1) is 18.6. The molecule has 5 nitrogen and oxygen atoms in total. The number of pyridine rings is 1. The monoisotopic (exact) mass is 502 g/mol. The molecule has 192 valence electrons. The third kappa shape index (κ3) is 4.95. The maximum Gasteiger partial charge on any atom is 0.224 e. The average Bonchev–Trinajstić information content (AvgIpc) is 3.58. The predicted octanol–water partition coefficient (Wildman–Crippen LogP) is 6.01. The quantitative estimate of drug-likeness (QED) is 0.293. The van der Waals surface area contributed by atoms with E-state index in [1.807, 2.05) is 60.7 Å². The summed E-state index contributed by atoms with van der Waals surface area (Å²) >= 11 is 0. The number of rotatable bonds is 7. The number of benzene rings is 2. The lowest BCUT2D eigenvalue weighted by Gasteiger charge is -2.34. The van der Waals surface area contributed by atoms with E-state index in [4.69, 9.17) is 0 Å². The molecule has 0 bridgehead atoms. The summed E-state index contributed by atoms with van der Waals surface area (Å²) in [6.45, 7) is 5.28. The highest BCUT2D eigenvalue weighted by Crippen LogP contribution is 2.56. The molecule has 0 N–H and O–H groups in total. The van der Waals surface area contributed by atoms with E-state index in [-0.39, 0.29) is 5.91 Å². The summed E-state index contributed by atoms with van der Waals surface area (Å²) in [5.41, 5.74) is 3.00. The smallest absolute Gasteiger partial charge is 0.224 e. The van der Waals surface area contributed by atoms with Crippen LogP contribution in [0.4, 0.5) is 5.69 Å². The summed E-state index contributed by atoms with van der Waals surface area (Å²) in [6.07, 6.45) is 10.6. The molecule has 1 aromatic heterocycles. The van der Waals surface area contributed by atoms with Gasteiger partial charge in [-0.2, -0.15) is 5.26 Å². The Morgan fingerprint density at radius 1 is 1.03 bits per heavy atom. The van der Waals surface area contributed by atoms with Gasteiger partial charge in [-0.25, -0.2) is 0 Å². The summed E-state index contributed by atoms with van der Waals surface area (Å²) in [5.74, 6) is 6.49. The number of anilines is 1. The standard InChI is InChI=1S/C33H34N4O/c1-26(38)37-31-18-10-9-17-30(31)33(25-34,29-15-7-5-8-16-29)32(37)28-22-27(23-35-24-28)14-6-3-2-4-11-19-36-20-12-13-21-36/h5,7-10,15-18,22-24,32H,2-4,11-13,19-21H2,1H3/t32-,33+/m0/s1. The van der Waals surface area contributed by atoms with Crippen molar-refractivity contribution in [1.82, 2.24) is 9.88 Å². The predicted molar refractivity (Wildman–Crippen MR) is 150 cm³/mol. The number of para-hydroxylation sites is 1. The number of hydrogen-bond donors (Lipinski definition) is 0. The molecule has 2 aliphatic rings. The molecule has 2 aromatic carbocycles. The van der Waals surface area contributed by atoms with Crippen molar-refractivity contribution in [2.75, 3.05) is 24.5 Å². The molecule has 2 atom stereocenters. The Labute approximate surface area is 226 Å². The molecule has 38 heavy (non-hydrogen) atoms. The summed E-state index contributed by atoms with van der Waals surface area (Å²) < 4.78 is 0. The molecule has 1 fully saturated rings. The Balaban J connectivity index is 1.41. The first-order valence-electron chi connectivity index (χ1n) is 13.7. The number of fused-ring (bicyclic) bond motifs is 1. The largest absolute Gasteiger partial charge is 0.303 e. The number of amides is 1. The van der Waals surface area contributed by atoms with Crippen LogP contribution in [0.1, 0.15) is 73.7 Å². The minimum Gasteiger partial charge on any atom is -0.303 e. The Kier molecular flexibility index (Phi) is 7.87. The van der Waals surface area contributed by atoms with Crippen molar-refractivity contribution in [3.05, 3.63) is 95.3 Å². The molecule has 0 radical (unpaired) electrons. The van der Waals surface area contributed by atoms with Gasteiger partial charge >= 0.3 is 0 Å². The van der Waals surface area contributed by atoms with Crippen LogP contribution in [-0.2, 0) is 10.2 Å².